The zero-order valence-corrected chi connectivity index (χ0v) is 7.32. The van der Waals surface area contributed by atoms with Gasteiger partial charge >= 0.3 is 5.97 Å². The van der Waals surface area contributed by atoms with E-state index >= 15 is 0 Å². The van der Waals surface area contributed by atoms with Gasteiger partial charge in [0.25, 0.3) is 0 Å². The lowest BCUT2D eigenvalue weighted by Crippen LogP contribution is -1.92. The predicted octanol–water partition coefficient (Wildman–Crippen LogP) is 1.88. The molecule has 13 heavy (non-hydrogen) atoms. The van der Waals surface area contributed by atoms with Crippen LogP contribution >= 0.6 is 0 Å². The normalized spacial score (nSPS) is 11.2. The second-order valence-electron chi connectivity index (χ2n) is 2.71. The third-order valence-electron chi connectivity index (χ3n) is 1.70. The molecule has 0 amide bonds. The van der Waals surface area contributed by atoms with E-state index in [1.807, 2.05) is 37.3 Å². The number of aliphatic carboxylic acids is 1. The van der Waals surface area contributed by atoms with E-state index in [0.717, 1.165) is 5.56 Å². The van der Waals surface area contributed by atoms with Crippen LogP contribution in [0.25, 0.3) is 0 Å². The average molecular weight is 174 g/mol. The lowest BCUT2D eigenvalue weighted by molar-refractivity contribution is -0.130. The topological polar surface area (TPSA) is 37.3 Å². The lowest BCUT2D eigenvalue weighted by atomic mass is 10.0. The van der Waals surface area contributed by atoms with Crippen molar-refractivity contribution in [3.8, 4) is 11.8 Å². The van der Waals surface area contributed by atoms with Gasteiger partial charge in [0.05, 0.1) is 0 Å². The van der Waals surface area contributed by atoms with Crippen molar-refractivity contribution in [2.24, 2.45) is 0 Å². The summed E-state index contributed by atoms with van der Waals surface area (Å²) >= 11 is 0. The van der Waals surface area contributed by atoms with Crippen LogP contribution in [0.3, 0.4) is 0 Å². The first-order valence-electron chi connectivity index (χ1n) is 3.99. The molecule has 1 unspecified atom stereocenters. The van der Waals surface area contributed by atoms with Gasteiger partial charge in [-0.2, -0.15) is 0 Å². The molecule has 1 N–H and O–H groups in total. The summed E-state index contributed by atoms with van der Waals surface area (Å²) in [5, 5.41) is 8.34. The number of hydrogen-bond acceptors (Lipinski definition) is 1. The molecule has 0 aliphatic carbocycles. The van der Waals surface area contributed by atoms with E-state index < -0.39 is 5.97 Å². The number of hydrogen-bond donors (Lipinski definition) is 1. The van der Waals surface area contributed by atoms with Crippen molar-refractivity contribution < 1.29 is 9.90 Å². The molecule has 0 aromatic heterocycles. The van der Waals surface area contributed by atoms with Gasteiger partial charge in [0.15, 0.2) is 0 Å². The Morgan fingerprint density at radius 2 is 2.00 bits per heavy atom. The molecule has 2 nitrogen and oxygen atoms in total. The molecule has 0 aliphatic rings. The van der Waals surface area contributed by atoms with E-state index in [4.69, 9.17) is 5.11 Å². The number of benzene rings is 1. The molecule has 1 aromatic rings. The molecule has 1 atom stereocenters. The van der Waals surface area contributed by atoms with Crippen molar-refractivity contribution in [3.63, 3.8) is 0 Å². The summed E-state index contributed by atoms with van der Waals surface area (Å²) in [4.78, 5) is 10.2. The maximum absolute atomic E-state index is 10.2. The van der Waals surface area contributed by atoms with Gasteiger partial charge in [-0.05, 0) is 12.5 Å². The highest BCUT2D eigenvalue weighted by Crippen LogP contribution is 2.12. The van der Waals surface area contributed by atoms with Crippen LogP contribution in [-0.2, 0) is 4.79 Å². The molecule has 0 bridgehead atoms. The van der Waals surface area contributed by atoms with Crippen LogP contribution in [0.1, 0.15) is 18.4 Å². The first-order valence-corrected chi connectivity index (χ1v) is 3.99. The number of carbonyl (C=O) groups is 1. The molecule has 0 spiro atoms. The summed E-state index contributed by atoms with van der Waals surface area (Å²) in [6.07, 6.45) is 0. The standard InChI is InChI=1S/C11H10O2/c1-9(7-8-11(12)13)10-5-3-2-4-6-10/h2-6,9H,1H3,(H,12,13). The van der Waals surface area contributed by atoms with Crippen LogP contribution in [0.5, 0.6) is 0 Å². The SMILES string of the molecule is CC(C#CC(=O)O)c1ccccc1. The van der Waals surface area contributed by atoms with Gasteiger partial charge in [-0.25, -0.2) is 4.79 Å². The summed E-state index contributed by atoms with van der Waals surface area (Å²) in [5.74, 6) is 3.65. The molecule has 0 fully saturated rings. The summed E-state index contributed by atoms with van der Waals surface area (Å²) in [6, 6.07) is 9.60. The van der Waals surface area contributed by atoms with Crippen molar-refractivity contribution in [2.75, 3.05) is 0 Å². The number of carboxylic acids is 1. The Morgan fingerprint density at radius 3 is 2.54 bits per heavy atom. The summed E-state index contributed by atoms with van der Waals surface area (Å²) < 4.78 is 0. The highest BCUT2D eigenvalue weighted by Gasteiger charge is 1.99. The van der Waals surface area contributed by atoms with Gasteiger partial charge in [0, 0.05) is 11.8 Å². The largest absolute Gasteiger partial charge is 0.472 e. The Kier molecular flexibility index (Phi) is 3.10. The van der Waals surface area contributed by atoms with Crippen molar-refractivity contribution in [1.29, 1.82) is 0 Å². The third kappa shape index (κ3) is 3.00. The quantitative estimate of drug-likeness (QED) is 0.660. The summed E-state index contributed by atoms with van der Waals surface area (Å²) in [7, 11) is 0. The monoisotopic (exact) mass is 174 g/mol. The van der Waals surface area contributed by atoms with Crippen LogP contribution in [0.4, 0.5) is 0 Å². The lowest BCUT2D eigenvalue weighted by Gasteiger charge is -2.01. The van der Waals surface area contributed by atoms with Gasteiger partial charge in [0.2, 0.25) is 0 Å². The fourth-order valence-electron chi connectivity index (χ4n) is 0.995. The van der Waals surface area contributed by atoms with Crippen LogP contribution < -0.4 is 0 Å². The molecule has 1 rings (SSSR count). The highest BCUT2D eigenvalue weighted by atomic mass is 16.4. The van der Waals surface area contributed by atoms with Gasteiger partial charge in [-0.1, -0.05) is 36.3 Å². The second kappa shape index (κ2) is 4.32. The van der Waals surface area contributed by atoms with E-state index in [9.17, 15) is 4.79 Å². The first-order chi connectivity index (χ1) is 6.20. The van der Waals surface area contributed by atoms with E-state index in [2.05, 4.69) is 11.8 Å². The Hall–Kier alpha value is -1.75. The fraction of sp³-hybridized carbons (Fsp3) is 0.182. The van der Waals surface area contributed by atoms with Crippen molar-refractivity contribution in [3.05, 3.63) is 35.9 Å². The van der Waals surface area contributed by atoms with Crippen LogP contribution in [0, 0.1) is 11.8 Å². The van der Waals surface area contributed by atoms with E-state index in [1.54, 1.807) is 0 Å². The van der Waals surface area contributed by atoms with Gasteiger partial charge in [0.1, 0.15) is 0 Å². The van der Waals surface area contributed by atoms with Crippen molar-refractivity contribution in [1.82, 2.24) is 0 Å². The van der Waals surface area contributed by atoms with Crippen LogP contribution in [0.15, 0.2) is 30.3 Å². The zero-order valence-electron chi connectivity index (χ0n) is 7.32. The molecule has 0 aliphatic heterocycles. The maximum Gasteiger partial charge on any atom is 0.381 e. The van der Waals surface area contributed by atoms with Gasteiger partial charge in [-0.15, -0.1) is 0 Å². The zero-order chi connectivity index (χ0) is 9.68. The molecule has 0 saturated heterocycles. The molecule has 0 radical (unpaired) electrons. The number of rotatable bonds is 1. The van der Waals surface area contributed by atoms with Crippen LogP contribution in [0.2, 0.25) is 0 Å². The molecule has 1 aromatic carbocycles. The maximum atomic E-state index is 10.2. The van der Waals surface area contributed by atoms with Crippen LogP contribution in [-0.4, -0.2) is 11.1 Å². The minimum absolute atomic E-state index is 0.0303. The van der Waals surface area contributed by atoms with Gasteiger partial charge in [-0.3, -0.25) is 0 Å². The minimum Gasteiger partial charge on any atom is -0.472 e. The minimum atomic E-state index is -1.08. The molecule has 66 valence electrons. The molecule has 0 saturated carbocycles. The van der Waals surface area contributed by atoms with Gasteiger partial charge < -0.3 is 5.11 Å². The van der Waals surface area contributed by atoms with Crippen molar-refractivity contribution in [2.45, 2.75) is 12.8 Å². The predicted molar refractivity (Wildman–Crippen MR) is 50.3 cm³/mol. The Labute approximate surface area is 77.2 Å². The summed E-state index contributed by atoms with van der Waals surface area (Å²) in [6.45, 7) is 1.88. The average Bonchev–Trinajstić information content (AvgIpc) is 2.15. The highest BCUT2D eigenvalue weighted by molar-refractivity contribution is 5.86. The van der Waals surface area contributed by atoms with E-state index in [-0.39, 0.29) is 5.92 Å². The molecular weight excluding hydrogens is 164 g/mol. The molecule has 0 heterocycles. The van der Waals surface area contributed by atoms with Crippen molar-refractivity contribution >= 4 is 5.97 Å². The Bertz CT molecular complexity index is 343. The Balaban J connectivity index is 2.77. The first kappa shape index (κ1) is 9.34. The molecular formula is C11H10O2. The molecule has 2 heteroatoms. The van der Waals surface area contributed by atoms with E-state index in [0.29, 0.717) is 0 Å². The fourth-order valence-corrected chi connectivity index (χ4v) is 0.995. The third-order valence-corrected chi connectivity index (χ3v) is 1.70. The number of carboxylic acid groups (broad SMARTS) is 1. The Morgan fingerprint density at radius 1 is 1.38 bits per heavy atom. The van der Waals surface area contributed by atoms with E-state index in [1.165, 1.54) is 0 Å². The second-order valence-corrected chi connectivity index (χ2v) is 2.71. The smallest absolute Gasteiger partial charge is 0.381 e. The summed E-state index contributed by atoms with van der Waals surface area (Å²) in [5.41, 5.74) is 1.04.